The molecule has 0 radical (unpaired) electrons. The van der Waals surface area contributed by atoms with Gasteiger partial charge in [0.25, 0.3) is 0 Å². The summed E-state index contributed by atoms with van der Waals surface area (Å²) in [6.45, 7) is 5.35. The zero-order chi connectivity index (χ0) is 27.7. The van der Waals surface area contributed by atoms with E-state index in [0.717, 1.165) is 67.5 Å². The van der Waals surface area contributed by atoms with Crippen LogP contribution in [0.15, 0.2) is 90.3 Å². The van der Waals surface area contributed by atoms with Crippen molar-refractivity contribution in [2.45, 2.75) is 32.5 Å². The summed E-state index contributed by atoms with van der Waals surface area (Å²) < 4.78 is 17.1. The molecule has 7 nitrogen and oxygen atoms in total. The summed E-state index contributed by atoms with van der Waals surface area (Å²) in [5, 5.41) is 0. The van der Waals surface area contributed by atoms with Crippen molar-refractivity contribution < 1.29 is 19.0 Å². The number of methoxy groups -OCH3 is 2. The number of hydrogen-bond acceptors (Lipinski definition) is 6. The monoisotopic (exact) mass is 541 g/mol. The van der Waals surface area contributed by atoms with Crippen LogP contribution in [0.5, 0.6) is 11.5 Å². The van der Waals surface area contributed by atoms with Crippen molar-refractivity contribution in [1.82, 2.24) is 14.7 Å². The third kappa shape index (κ3) is 7.57. The van der Waals surface area contributed by atoms with Crippen molar-refractivity contribution in [1.29, 1.82) is 0 Å². The fraction of sp³-hybridized carbons (Fsp3) is 0.364. The quantitative estimate of drug-likeness (QED) is 0.299. The molecule has 0 aromatic heterocycles. The van der Waals surface area contributed by atoms with E-state index < -0.39 is 0 Å². The molecule has 5 rings (SSSR count). The van der Waals surface area contributed by atoms with Crippen molar-refractivity contribution in [2.75, 3.05) is 46.9 Å². The van der Waals surface area contributed by atoms with Crippen LogP contribution >= 0.6 is 0 Å². The second-order valence-electron chi connectivity index (χ2n) is 10.4. The van der Waals surface area contributed by atoms with E-state index in [9.17, 15) is 4.79 Å². The molecule has 1 saturated heterocycles. The summed E-state index contributed by atoms with van der Waals surface area (Å²) in [6, 6.07) is 26.2. The second-order valence-corrected chi connectivity index (χ2v) is 10.4. The average Bonchev–Trinajstić information content (AvgIpc) is 3.84. The van der Waals surface area contributed by atoms with E-state index in [1.54, 1.807) is 14.2 Å². The first-order chi connectivity index (χ1) is 19.6. The van der Waals surface area contributed by atoms with Gasteiger partial charge >= 0.3 is 0 Å². The van der Waals surface area contributed by atoms with Crippen LogP contribution in [0.2, 0.25) is 0 Å². The van der Waals surface area contributed by atoms with Crippen LogP contribution in [0.3, 0.4) is 0 Å². The molecule has 40 heavy (non-hydrogen) atoms. The van der Waals surface area contributed by atoms with Crippen LogP contribution in [0, 0.1) is 0 Å². The van der Waals surface area contributed by atoms with Gasteiger partial charge in [-0.25, -0.2) is 0 Å². The minimum Gasteiger partial charge on any atom is -0.497 e. The minimum absolute atomic E-state index is 0.111. The molecule has 1 heterocycles. The Morgan fingerprint density at radius 2 is 1.32 bits per heavy atom. The van der Waals surface area contributed by atoms with Gasteiger partial charge in [-0.05, 0) is 59.4 Å². The van der Waals surface area contributed by atoms with Gasteiger partial charge < -0.3 is 24.0 Å². The first-order valence-electron chi connectivity index (χ1n) is 14.0. The third-order valence-electron chi connectivity index (χ3n) is 7.41. The molecule has 0 bridgehead atoms. The summed E-state index contributed by atoms with van der Waals surface area (Å²) in [5.41, 5.74) is 4.66. The van der Waals surface area contributed by atoms with Gasteiger partial charge in [0.15, 0.2) is 5.88 Å². The molecule has 0 atom stereocenters. The molecule has 0 N–H and O–H groups in total. The van der Waals surface area contributed by atoms with Crippen LogP contribution in [-0.2, 0) is 29.2 Å². The van der Waals surface area contributed by atoms with Gasteiger partial charge in [0.2, 0.25) is 5.91 Å². The van der Waals surface area contributed by atoms with E-state index in [-0.39, 0.29) is 5.91 Å². The van der Waals surface area contributed by atoms with E-state index in [1.165, 1.54) is 11.1 Å². The molecule has 7 heteroatoms. The molecule has 1 amide bonds. The fourth-order valence-corrected chi connectivity index (χ4v) is 5.03. The van der Waals surface area contributed by atoms with E-state index in [1.807, 2.05) is 71.6 Å². The Morgan fingerprint density at radius 1 is 0.750 bits per heavy atom. The number of benzene rings is 3. The summed E-state index contributed by atoms with van der Waals surface area (Å²) in [6.07, 6.45) is 2.23. The number of amides is 1. The Labute approximate surface area is 237 Å². The number of ether oxygens (including phenoxy) is 3. The van der Waals surface area contributed by atoms with E-state index >= 15 is 0 Å². The number of carbonyl (C=O) groups is 1. The maximum absolute atomic E-state index is 13.7. The van der Waals surface area contributed by atoms with Crippen LogP contribution in [-0.4, -0.2) is 67.6 Å². The fourth-order valence-electron chi connectivity index (χ4n) is 5.03. The molecule has 3 aromatic rings. The molecule has 1 saturated carbocycles. The smallest absolute Gasteiger partial charge is 0.237 e. The van der Waals surface area contributed by atoms with Crippen molar-refractivity contribution in [3.8, 4) is 11.5 Å². The Kier molecular flexibility index (Phi) is 9.24. The maximum Gasteiger partial charge on any atom is 0.237 e. The zero-order valence-corrected chi connectivity index (χ0v) is 23.6. The number of hydrogen-bond donors (Lipinski definition) is 0. The molecule has 2 fully saturated rings. The predicted octanol–water partition coefficient (Wildman–Crippen LogP) is 5.07. The standard InChI is InChI=1S/C33H39N3O4/c1-38-30-12-6-10-27(20-30)22-36(23-28-11-7-13-31(21-28)39-2)32(37)24-34-16-18-35(19-17-34)33(29-14-15-29)40-25-26-8-4-3-5-9-26/h3-13,20-21H,14-19,22-25H2,1-2H3. The molecule has 3 aromatic carbocycles. The van der Waals surface area contributed by atoms with Gasteiger partial charge in [-0.2, -0.15) is 0 Å². The molecule has 1 aliphatic heterocycles. The lowest BCUT2D eigenvalue weighted by atomic mass is 10.1. The van der Waals surface area contributed by atoms with Gasteiger partial charge in [0.05, 0.1) is 20.8 Å². The normalized spacial score (nSPS) is 14.9. The zero-order valence-electron chi connectivity index (χ0n) is 23.6. The Bertz CT molecular complexity index is 1250. The third-order valence-corrected chi connectivity index (χ3v) is 7.41. The first-order valence-corrected chi connectivity index (χ1v) is 14.0. The van der Waals surface area contributed by atoms with Gasteiger partial charge in [0, 0.05) is 39.3 Å². The second kappa shape index (κ2) is 13.4. The molecule has 1 aliphatic carbocycles. The van der Waals surface area contributed by atoms with E-state index in [4.69, 9.17) is 14.2 Å². The molecular formula is C33H39N3O4. The average molecular weight is 542 g/mol. The summed E-state index contributed by atoms with van der Waals surface area (Å²) in [4.78, 5) is 20.2. The van der Waals surface area contributed by atoms with Crippen LogP contribution < -0.4 is 9.47 Å². The highest BCUT2D eigenvalue weighted by atomic mass is 16.5. The molecular weight excluding hydrogens is 502 g/mol. The molecule has 0 unspecified atom stereocenters. The summed E-state index contributed by atoms with van der Waals surface area (Å²) in [5.74, 6) is 2.74. The number of piperazine rings is 1. The van der Waals surface area contributed by atoms with Gasteiger partial charge in [-0.3, -0.25) is 9.69 Å². The van der Waals surface area contributed by atoms with Crippen molar-refractivity contribution in [3.63, 3.8) is 0 Å². The van der Waals surface area contributed by atoms with Crippen LogP contribution in [0.4, 0.5) is 0 Å². The highest BCUT2D eigenvalue weighted by Gasteiger charge is 2.28. The predicted molar refractivity (Wildman–Crippen MR) is 156 cm³/mol. The van der Waals surface area contributed by atoms with Crippen molar-refractivity contribution in [2.24, 2.45) is 0 Å². The SMILES string of the molecule is COc1cccc(CN(Cc2cccc(OC)c2)C(=O)CN2CCN(C(OCc3ccccc3)=C3CC3)CC2)c1. The van der Waals surface area contributed by atoms with Gasteiger partial charge in [0.1, 0.15) is 18.1 Å². The lowest BCUT2D eigenvalue weighted by Gasteiger charge is -2.37. The molecule has 0 spiro atoms. The summed E-state index contributed by atoms with van der Waals surface area (Å²) in [7, 11) is 3.32. The minimum atomic E-state index is 0.111. The Hall–Kier alpha value is -3.97. The van der Waals surface area contributed by atoms with Gasteiger partial charge in [-0.15, -0.1) is 0 Å². The van der Waals surface area contributed by atoms with E-state index in [2.05, 4.69) is 21.9 Å². The van der Waals surface area contributed by atoms with Gasteiger partial charge in [-0.1, -0.05) is 54.6 Å². The van der Waals surface area contributed by atoms with Crippen LogP contribution in [0.25, 0.3) is 0 Å². The highest BCUT2D eigenvalue weighted by Crippen LogP contribution is 2.34. The molecule has 210 valence electrons. The largest absolute Gasteiger partial charge is 0.497 e. The summed E-state index contributed by atoms with van der Waals surface area (Å²) >= 11 is 0. The lowest BCUT2D eigenvalue weighted by molar-refractivity contribution is -0.134. The van der Waals surface area contributed by atoms with Crippen molar-refractivity contribution in [3.05, 3.63) is 107 Å². The maximum atomic E-state index is 13.7. The number of rotatable bonds is 12. The van der Waals surface area contributed by atoms with Crippen molar-refractivity contribution >= 4 is 5.91 Å². The number of allylic oxidation sites excluding steroid dienone is 1. The van der Waals surface area contributed by atoms with Crippen LogP contribution in [0.1, 0.15) is 29.5 Å². The molecule has 2 aliphatic rings. The Morgan fingerprint density at radius 3 is 1.88 bits per heavy atom. The topological polar surface area (TPSA) is 54.5 Å². The first kappa shape index (κ1) is 27.6. The number of nitrogens with zero attached hydrogens (tertiary/aromatic N) is 3. The lowest BCUT2D eigenvalue weighted by Crippen LogP contribution is -2.49. The van der Waals surface area contributed by atoms with E-state index in [0.29, 0.717) is 26.2 Å². The number of carbonyl (C=O) groups excluding carboxylic acids is 1. The Balaban J connectivity index is 1.21. The highest BCUT2D eigenvalue weighted by molar-refractivity contribution is 5.78.